The molecular weight excluding hydrogens is 442 g/mol. The van der Waals surface area contributed by atoms with Crippen molar-refractivity contribution in [3.05, 3.63) is 94.0 Å². The molecule has 0 saturated carbocycles. The van der Waals surface area contributed by atoms with E-state index in [9.17, 15) is 18.4 Å². The van der Waals surface area contributed by atoms with Crippen molar-refractivity contribution in [2.75, 3.05) is 23.8 Å². The molecule has 6 rings (SSSR count). The van der Waals surface area contributed by atoms with Crippen LogP contribution in [0, 0.1) is 11.6 Å². The molecule has 4 aliphatic heterocycles. The average Bonchev–Trinajstić information content (AvgIpc) is 3.53. The Kier molecular flexibility index (Phi) is 5.28. The van der Waals surface area contributed by atoms with Gasteiger partial charge in [0.2, 0.25) is 0 Å². The van der Waals surface area contributed by atoms with Crippen molar-refractivity contribution < 1.29 is 27.8 Å². The number of fused-ring (bicyclic) bond motifs is 2. The minimum atomic E-state index is -0.366. The molecular formula is C26H20F2N2O4. The van der Waals surface area contributed by atoms with Gasteiger partial charge in [-0.15, -0.1) is 0 Å². The molecule has 0 aliphatic carbocycles. The Hall–Kier alpha value is -4.20. The fourth-order valence-electron chi connectivity index (χ4n) is 4.07. The highest BCUT2D eigenvalue weighted by Crippen LogP contribution is 2.37. The van der Waals surface area contributed by atoms with Crippen LogP contribution < -0.4 is 10.6 Å². The number of nitrogens with one attached hydrogen (secondary N) is 2. The molecule has 4 heterocycles. The molecule has 0 aromatic heterocycles. The van der Waals surface area contributed by atoms with Gasteiger partial charge in [0.15, 0.2) is 0 Å². The van der Waals surface area contributed by atoms with Crippen LogP contribution >= 0.6 is 0 Å². The van der Waals surface area contributed by atoms with Crippen molar-refractivity contribution >= 4 is 34.3 Å². The Bertz CT molecular complexity index is 1280. The van der Waals surface area contributed by atoms with Gasteiger partial charge in [-0.25, -0.2) is 8.78 Å². The molecule has 0 fully saturated rings. The maximum Gasteiger partial charge on any atom is 0.260 e. The Labute approximate surface area is 194 Å². The van der Waals surface area contributed by atoms with Gasteiger partial charge in [-0.3, -0.25) is 9.59 Å². The highest BCUT2D eigenvalue weighted by molar-refractivity contribution is 6.33. The van der Waals surface area contributed by atoms with Crippen LogP contribution in [0.15, 0.2) is 71.2 Å². The molecule has 0 unspecified atom stereocenters. The van der Waals surface area contributed by atoms with Gasteiger partial charge in [0.05, 0.1) is 22.5 Å². The fraction of sp³-hybridized carbons (Fsp3) is 0.154. The third kappa shape index (κ3) is 3.87. The highest BCUT2D eigenvalue weighted by Gasteiger charge is 2.30. The summed E-state index contributed by atoms with van der Waals surface area (Å²) in [6, 6.07) is 8.49. The summed E-state index contributed by atoms with van der Waals surface area (Å²) in [6.07, 6.45) is 3.68. The van der Waals surface area contributed by atoms with E-state index in [0.29, 0.717) is 58.4 Å². The summed E-state index contributed by atoms with van der Waals surface area (Å²) < 4.78 is 37.0. The number of hydrogen-bond donors (Lipinski definition) is 2. The molecule has 4 aliphatic rings. The summed E-state index contributed by atoms with van der Waals surface area (Å²) in [6.45, 7) is 4.88. The molecule has 8 heteroatoms. The summed E-state index contributed by atoms with van der Waals surface area (Å²) >= 11 is 0. The summed E-state index contributed by atoms with van der Waals surface area (Å²) in [4.78, 5) is 23.7. The first-order valence-electron chi connectivity index (χ1n) is 10.6. The molecule has 172 valence electrons. The lowest BCUT2D eigenvalue weighted by molar-refractivity contribution is -0.111. The van der Waals surface area contributed by atoms with Crippen molar-refractivity contribution in [2.24, 2.45) is 0 Å². The highest BCUT2D eigenvalue weighted by atomic mass is 19.1. The number of anilines is 2. The normalized spacial score (nSPS) is 22.0. The second-order valence-electron chi connectivity index (χ2n) is 8.33. The maximum atomic E-state index is 13.0. The van der Waals surface area contributed by atoms with Crippen molar-refractivity contribution in [3.8, 4) is 0 Å². The van der Waals surface area contributed by atoms with Gasteiger partial charge in [0.1, 0.15) is 36.4 Å². The van der Waals surface area contributed by atoms with Gasteiger partial charge in [-0.05, 0) is 73.5 Å². The van der Waals surface area contributed by atoms with Crippen LogP contribution in [0.5, 0.6) is 0 Å². The lowest BCUT2D eigenvalue weighted by atomic mass is 10.1. The predicted molar refractivity (Wildman–Crippen MR) is 123 cm³/mol. The van der Waals surface area contributed by atoms with Crippen molar-refractivity contribution in [3.63, 3.8) is 0 Å². The van der Waals surface area contributed by atoms with E-state index in [1.165, 1.54) is 24.3 Å². The quantitative estimate of drug-likeness (QED) is 0.545. The molecule has 0 spiro atoms. The third-order valence-corrected chi connectivity index (χ3v) is 5.61. The van der Waals surface area contributed by atoms with Crippen LogP contribution in [-0.4, -0.2) is 25.0 Å². The van der Waals surface area contributed by atoms with E-state index in [1.54, 1.807) is 12.1 Å². The number of carbonyl (C=O) groups excluding carboxylic acids is 2. The molecule has 6 nitrogen and oxygen atoms in total. The van der Waals surface area contributed by atoms with Gasteiger partial charge in [0.25, 0.3) is 11.8 Å². The predicted octanol–water partition coefficient (Wildman–Crippen LogP) is 4.93. The lowest BCUT2D eigenvalue weighted by Crippen LogP contribution is -2.05. The van der Waals surface area contributed by atoms with E-state index in [2.05, 4.69) is 10.6 Å². The number of amides is 2. The molecule has 2 amide bonds. The van der Waals surface area contributed by atoms with Gasteiger partial charge in [0, 0.05) is 11.1 Å². The van der Waals surface area contributed by atoms with Crippen LogP contribution in [-0.2, 0) is 19.1 Å². The molecule has 2 aromatic carbocycles. The Balaban J connectivity index is 0.000000142. The van der Waals surface area contributed by atoms with Crippen molar-refractivity contribution in [2.45, 2.75) is 13.8 Å². The van der Waals surface area contributed by atoms with Crippen LogP contribution in [0.4, 0.5) is 20.2 Å². The topological polar surface area (TPSA) is 76.7 Å². The number of carbonyl (C=O) groups is 2. The van der Waals surface area contributed by atoms with E-state index < -0.39 is 0 Å². The van der Waals surface area contributed by atoms with Gasteiger partial charge in [-0.1, -0.05) is 0 Å². The average molecular weight is 462 g/mol. The zero-order valence-electron chi connectivity index (χ0n) is 18.4. The summed E-state index contributed by atoms with van der Waals surface area (Å²) in [5, 5.41) is 5.27. The molecule has 0 atom stereocenters. The maximum absolute atomic E-state index is 13.0. The molecule has 0 bridgehead atoms. The summed E-state index contributed by atoms with van der Waals surface area (Å²) in [5.74, 6) is -0.0995. The number of ether oxygens (including phenoxy) is 2. The van der Waals surface area contributed by atoms with Crippen molar-refractivity contribution in [1.82, 2.24) is 0 Å². The summed E-state index contributed by atoms with van der Waals surface area (Å²) in [5.41, 5.74) is 5.48. The molecule has 2 N–H and O–H groups in total. The molecule has 0 radical (unpaired) electrons. The minimum absolute atomic E-state index is 0.244. The largest absolute Gasteiger partial charge is 0.488 e. The lowest BCUT2D eigenvalue weighted by Gasteiger charge is -2.02. The fourth-order valence-corrected chi connectivity index (χ4v) is 4.07. The van der Waals surface area contributed by atoms with Gasteiger partial charge in [-0.2, -0.15) is 0 Å². The first-order chi connectivity index (χ1) is 16.3. The van der Waals surface area contributed by atoms with Gasteiger partial charge < -0.3 is 20.1 Å². The Morgan fingerprint density at radius 1 is 0.706 bits per heavy atom. The monoisotopic (exact) mass is 462 g/mol. The molecule has 2 aromatic rings. The van der Waals surface area contributed by atoms with E-state index in [4.69, 9.17) is 9.47 Å². The SMILES string of the molecule is CC1=C/C(=C2\C(=O)Nc3cc(F)ccc32)OC1.CC1=C/C(=C2\C(=O)Nc3cc(F)ccc32)OC1. The zero-order valence-corrected chi connectivity index (χ0v) is 18.4. The first-order valence-corrected chi connectivity index (χ1v) is 10.6. The standard InChI is InChI=1S/2C13H10FNO2/c2*1-7-4-11(17-6-7)12-9-3-2-8(14)5-10(9)15-13(12)16/h2*2-5H,6H2,1H3,(H,15,16)/b2*12-11+. The van der Waals surface area contributed by atoms with Crippen LogP contribution in [0.25, 0.3) is 11.1 Å². The molecule has 34 heavy (non-hydrogen) atoms. The zero-order chi connectivity index (χ0) is 24.0. The number of rotatable bonds is 0. The van der Waals surface area contributed by atoms with Crippen LogP contribution in [0.3, 0.4) is 0 Å². The van der Waals surface area contributed by atoms with Crippen LogP contribution in [0.1, 0.15) is 25.0 Å². The Morgan fingerprint density at radius 3 is 1.47 bits per heavy atom. The summed E-state index contributed by atoms with van der Waals surface area (Å²) in [7, 11) is 0. The van der Waals surface area contributed by atoms with Crippen LogP contribution in [0.2, 0.25) is 0 Å². The molecule has 0 saturated heterocycles. The number of allylic oxidation sites excluding steroid dienone is 2. The first kappa shape index (κ1) is 21.6. The minimum Gasteiger partial charge on any atom is -0.488 e. The van der Waals surface area contributed by atoms with E-state index in [1.807, 2.05) is 26.0 Å². The second-order valence-corrected chi connectivity index (χ2v) is 8.33. The van der Waals surface area contributed by atoms with E-state index in [0.717, 1.165) is 11.1 Å². The smallest absolute Gasteiger partial charge is 0.260 e. The third-order valence-electron chi connectivity index (χ3n) is 5.61. The second kappa shape index (κ2) is 8.30. The van der Waals surface area contributed by atoms with E-state index >= 15 is 0 Å². The Morgan fingerprint density at radius 2 is 1.12 bits per heavy atom. The van der Waals surface area contributed by atoms with Crippen molar-refractivity contribution in [1.29, 1.82) is 0 Å². The van der Waals surface area contributed by atoms with Gasteiger partial charge >= 0.3 is 0 Å². The number of benzene rings is 2. The number of hydrogen-bond acceptors (Lipinski definition) is 4. The van der Waals surface area contributed by atoms with E-state index in [-0.39, 0.29) is 23.4 Å². The number of halogens is 2.